The van der Waals surface area contributed by atoms with Crippen LogP contribution < -0.4 is 4.65 Å². The van der Waals surface area contributed by atoms with Crippen molar-refractivity contribution in [3.05, 3.63) is 29.3 Å². The van der Waals surface area contributed by atoms with Crippen LogP contribution in [-0.4, -0.2) is 12.4 Å². The summed E-state index contributed by atoms with van der Waals surface area (Å²) in [6.45, 7) is 0. The Morgan fingerprint density at radius 3 is 2.14 bits per heavy atom. The maximum atomic E-state index is 12.6. The van der Waals surface area contributed by atoms with Gasteiger partial charge < -0.3 is 9.68 Å². The van der Waals surface area contributed by atoms with Gasteiger partial charge in [-0.1, -0.05) is 0 Å². The highest BCUT2D eigenvalue weighted by Gasteiger charge is 2.24. The Morgan fingerprint density at radius 1 is 1.07 bits per heavy atom. The Bertz CT molecular complexity index is 357. The van der Waals surface area contributed by atoms with Crippen molar-refractivity contribution in [3.63, 3.8) is 0 Å². The molecule has 0 heterocycles. The Balaban J connectivity index is 3.19. The second kappa shape index (κ2) is 3.83. The molecule has 1 N–H and O–H groups in total. The molecule has 0 fully saturated rings. The predicted octanol–water partition coefficient (Wildman–Crippen LogP) is 1.57. The minimum atomic E-state index is -2.95. The van der Waals surface area contributed by atoms with Crippen molar-refractivity contribution in [1.82, 2.24) is 0 Å². The average molecular weight is 212 g/mol. The lowest BCUT2D eigenvalue weighted by Gasteiger charge is -2.06. The summed E-state index contributed by atoms with van der Waals surface area (Å²) in [4.78, 5) is 0. The van der Waals surface area contributed by atoms with Gasteiger partial charge in [0.15, 0.2) is 11.6 Å². The van der Waals surface area contributed by atoms with Crippen LogP contribution in [0.4, 0.5) is 21.9 Å². The molecular formula is C6H2BF5O2. The van der Waals surface area contributed by atoms with Crippen LogP contribution in [0.15, 0.2) is 6.07 Å². The van der Waals surface area contributed by atoms with Crippen molar-refractivity contribution in [2.75, 3.05) is 0 Å². The van der Waals surface area contributed by atoms with E-state index in [9.17, 15) is 21.9 Å². The molecule has 8 heteroatoms. The zero-order valence-electron chi connectivity index (χ0n) is 6.40. The molecule has 0 aliphatic heterocycles. The molecule has 0 aliphatic carbocycles. The maximum Gasteiger partial charge on any atom is 0.751 e. The van der Waals surface area contributed by atoms with Crippen molar-refractivity contribution in [3.8, 4) is 5.75 Å². The Hall–Kier alpha value is -1.31. The van der Waals surface area contributed by atoms with Crippen LogP contribution >= 0.6 is 0 Å². The van der Waals surface area contributed by atoms with Gasteiger partial charge in [0.1, 0.15) is 5.75 Å². The van der Waals surface area contributed by atoms with E-state index in [0.717, 1.165) is 0 Å². The second-order valence-corrected chi connectivity index (χ2v) is 2.21. The van der Waals surface area contributed by atoms with Crippen LogP contribution in [0.5, 0.6) is 5.75 Å². The third kappa shape index (κ3) is 1.95. The number of halogens is 5. The Kier molecular flexibility index (Phi) is 2.95. The van der Waals surface area contributed by atoms with Gasteiger partial charge >= 0.3 is 7.40 Å². The molecule has 1 aromatic rings. The predicted molar refractivity (Wildman–Crippen MR) is 36.0 cm³/mol. The van der Waals surface area contributed by atoms with E-state index in [-0.39, 0.29) is 6.07 Å². The first-order valence-electron chi connectivity index (χ1n) is 3.25. The molecule has 0 saturated carbocycles. The van der Waals surface area contributed by atoms with Crippen molar-refractivity contribution < 1.29 is 31.6 Å². The first-order valence-corrected chi connectivity index (χ1v) is 3.25. The van der Waals surface area contributed by atoms with E-state index in [0.29, 0.717) is 0 Å². The summed E-state index contributed by atoms with van der Waals surface area (Å²) in [7, 11) is -2.95. The van der Waals surface area contributed by atoms with Gasteiger partial charge in [0.05, 0.1) is 0 Å². The molecule has 2 nitrogen and oxygen atoms in total. The minimum absolute atomic E-state index is 0.0799. The van der Waals surface area contributed by atoms with Gasteiger partial charge in [-0.2, -0.15) is 4.39 Å². The van der Waals surface area contributed by atoms with E-state index in [4.69, 9.17) is 5.02 Å². The number of hydrogen-bond donors (Lipinski definition) is 1. The summed E-state index contributed by atoms with van der Waals surface area (Å²) in [5.41, 5.74) is 0. The van der Waals surface area contributed by atoms with Gasteiger partial charge in [0.2, 0.25) is 11.6 Å². The van der Waals surface area contributed by atoms with Crippen molar-refractivity contribution in [2.24, 2.45) is 0 Å². The van der Waals surface area contributed by atoms with Crippen LogP contribution in [0.2, 0.25) is 0 Å². The molecule has 0 saturated heterocycles. The molecule has 0 radical (unpaired) electrons. The second-order valence-electron chi connectivity index (χ2n) is 2.21. The summed E-state index contributed by atoms with van der Waals surface area (Å²) in [5.74, 6) is -9.10. The van der Waals surface area contributed by atoms with Crippen molar-refractivity contribution >= 4 is 7.40 Å². The van der Waals surface area contributed by atoms with Gasteiger partial charge in [-0.15, -0.1) is 0 Å². The largest absolute Gasteiger partial charge is 0.751 e. The minimum Gasteiger partial charge on any atom is -0.506 e. The zero-order chi connectivity index (χ0) is 10.9. The van der Waals surface area contributed by atoms with E-state index in [1.54, 1.807) is 0 Å². The van der Waals surface area contributed by atoms with Gasteiger partial charge in [-0.25, -0.2) is 17.5 Å². The molecule has 14 heavy (non-hydrogen) atoms. The van der Waals surface area contributed by atoms with E-state index in [2.05, 4.69) is 4.65 Å². The Labute approximate surface area is 75.1 Å². The number of benzene rings is 1. The molecule has 0 amide bonds. The van der Waals surface area contributed by atoms with Crippen LogP contribution in [-0.2, 0) is 0 Å². The summed E-state index contributed by atoms with van der Waals surface area (Å²) in [6.07, 6.45) is 0. The number of hydrogen-bond acceptors (Lipinski definition) is 2. The van der Waals surface area contributed by atoms with Gasteiger partial charge in [-0.3, -0.25) is 0 Å². The van der Waals surface area contributed by atoms with Gasteiger partial charge in [0.25, 0.3) is 0 Å². The molecule has 76 valence electrons. The zero-order valence-corrected chi connectivity index (χ0v) is 6.40. The third-order valence-corrected chi connectivity index (χ3v) is 1.29. The fourth-order valence-corrected chi connectivity index (χ4v) is 0.742. The normalized spacial score (nSPS) is 10.1. The van der Waals surface area contributed by atoms with E-state index in [1.807, 2.05) is 0 Å². The molecule has 1 aromatic carbocycles. The lowest BCUT2D eigenvalue weighted by molar-refractivity contribution is 0.324. The van der Waals surface area contributed by atoms with Crippen molar-refractivity contribution in [1.29, 1.82) is 0 Å². The van der Waals surface area contributed by atoms with E-state index >= 15 is 0 Å². The van der Waals surface area contributed by atoms with Crippen LogP contribution in [0.1, 0.15) is 0 Å². The smallest absolute Gasteiger partial charge is 0.506 e. The fourth-order valence-electron chi connectivity index (χ4n) is 0.742. The van der Waals surface area contributed by atoms with Crippen molar-refractivity contribution in [2.45, 2.75) is 0 Å². The molecule has 0 unspecified atom stereocenters. The molecule has 0 spiro atoms. The average Bonchev–Trinajstić information content (AvgIpc) is 2.10. The van der Waals surface area contributed by atoms with Gasteiger partial charge in [0, 0.05) is 6.07 Å². The third-order valence-electron chi connectivity index (χ3n) is 1.29. The van der Waals surface area contributed by atoms with Gasteiger partial charge in [-0.05, 0) is 0 Å². The molecule has 0 atom stereocenters. The SMILES string of the molecule is OB(F)Oc1cc(F)c(F)c(F)c1F. The fraction of sp³-hybridized carbons (Fsp3) is 0. The summed E-state index contributed by atoms with van der Waals surface area (Å²) >= 11 is 0. The topological polar surface area (TPSA) is 29.5 Å². The summed E-state index contributed by atoms with van der Waals surface area (Å²) < 4.78 is 65.1. The first kappa shape index (κ1) is 10.8. The quantitative estimate of drug-likeness (QED) is 0.349. The maximum absolute atomic E-state index is 12.6. The molecule has 0 bridgehead atoms. The lowest BCUT2D eigenvalue weighted by Crippen LogP contribution is -2.16. The number of rotatable bonds is 2. The monoisotopic (exact) mass is 212 g/mol. The first-order chi connectivity index (χ1) is 6.43. The standard InChI is InChI=1S/C6H2BF5O2/c8-2-1-3(14-7(12)13)5(10)6(11)4(2)9/h1,13H. The van der Waals surface area contributed by atoms with Crippen LogP contribution in [0.3, 0.4) is 0 Å². The Morgan fingerprint density at radius 2 is 1.64 bits per heavy atom. The molecule has 0 aliphatic rings. The molecular weight excluding hydrogens is 210 g/mol. The highest BCUT2D eigenvalue weighted by molar-refractivity contribution is 6.34. The highest BCUT2D eigenvalue weighted by atomic mass is 19.2. The summed E-state index contributed by atoms with van der Waals surface area (Å²) in [5, 5.41) is 7.99. The van der Waals surface area contributed by atoms with Crippen LogP contribution in [0, 0.1) is 23.3 Å². The van der Waals surface area contributed by atoms with E-state index in [1.165, 1.54) is 0 Å². The molecule has 1 rings (SSSR count). The van der Waals surface area contributed by atoms with E-state index < -0.39 is 36.4 Å². The highest BCUT2D eigenvalue weighted by Crippen LogP contribution is 2.24. The lowest BCUT2D eigenvalue weighted by atomic mass is 10.2. The summed E-state index contributed by atoms with van der Waals surface area (Å²) in [6, 6.07) is 0.0799. The molecule has 0 aromatic heterocycles. The van der Waals surface area contributed by atoms with Crippen LogP contribution in [0.25, 0.3) is 0 Å².